The van der Waals surface area contributed by atoms with Crippen molar-refractivity contribution in [3.05, 3.63) is 75.7 Å². The molecule has 5 amide bonds. The molecule has 47 heavy (non-hydrogen) atoms. The summed E-state index contributed by atoms with van der Waals surface area (Å²) < 4.78 is 19.4. The summed E-state index contributed by atoms with van der Waals surface area (Å²) in [7, 11) is -1.88. The Kier molecular flexibility index (Phi) is 9.07. The molecule has 3 aromatic rings. The number of urea groups is 1. The Labute approximate surface area is 269 Å². The van der Waals surface area contributed by atoms with Crippen LogP contribution in [0.15, 0.2) is 42.6 Å². The third-order valence-electron chi connectivity index (χ3n) is 7.49. The van der Waals surface area contributed by atoms with Gasteiger partial charge >= 0.3 is 30.9 Å². The Morgan fingerprint density at radius 1 is 1.15 bits per heavy atom. The van der Waals surface area contributed by atoms with Gasteiger partial charge in [-0.25, -0.2) is 19.0 Å². The van der Waals surface area contributed by atoms with Gasteiger partial charge in [-0.3, -0.25) is 19.3 Å². The van der Waals surface area contributed by atoms with Crippen molar-refractivity contribution in [2.24, 2.45) is 0 Å². The molecule has 1 saturated heterocycles. The average molecular weight is 671 g/mol. The molecule has 0 spiro atoms. The Hall–Kier alpha value is -5.62. The maximum Gasteiger partial charge on any atom is 0.547 e. The number of carboxylic acid groups (broad SMARTS) is 1. The molecule has 5 rings (SSSR count). The lowest BCUT2D eigenvalue weighted by atomic mass is 9.72. The summed E-state index contributed by atoms with van der Waals surface area (Å²) in [6.07, 6.45) is 1.19. The van der Waals surface area contributed by atoms with Gasteiger partial charge in [-0.1, -0.05) is 23.7 Å². The van der Waals surface area contributed by atoms with Crippen molar-refractivity contribution < 1.29 is 53.4 Å². The van der Waals surface area contributed by atoms with E-state index in [2.05, 4.69) is 15.6 Å². The van der Waals surface area contributed by atoms with Crippen LogP contribution in [-0.2, 0) is 27.3 Å². The van der Waals surface area contributed by atoms with E-state index in [0.717, 1.165) is 18.2 Å². The van der Waals surface area contributed by atoms with E-state index in [4.69, 9.17) is 22.0 Å². The fourth-order valence-corrected chi connectivity index (χ4v) is 5.41. The SMILES string of the molecule is Nc1cc(CN2CCN(C(=O)NC(C(=O)N[C@H]3Cc4ccc(F)c(C(=O)O)c4OB3O)c3ccc(O)c(O)c3Cl)C(=O)C2=O)ccn1. The second-order valence-electron chi connectivity index (χ2n) is 10.5. The zero-order valence-electron chi connectivity index (χ0n) is 24.0. The topological polar surface area (TPSA) is 245 Å². The molecular formula is C28H25BClFN6O10. The molecule has 3 heterocycles. The number of pyridine rings is 1. The third kappa shape index (κ3) is 6.54. The van der Waals surface area contributed by atoms with Crippen LogP contribution < -0.4 is 21.0 Å². The number of nitrogens with two attached hydrogens (primary N) is 1. The fraction of sp³-hybridized carbons (Fsp3) is 0.214. The molecule has 2 atom stereocenters. The van der Waals surface area contributed by atoms with E-state index in [1.54, 1.807) is 6.07 Å². The number of fused-ring (bicyclic) bond motifs is 1. The van der Waals surface area contributed by atoms with E-state index in [1.807, 2.05) is 0 Å². The first-order valence-electron chi connectivity index (χ1n) is 13.8. The van der Waals surface area contributed by atoms with Gasteiger partial charge in [0.25, 0.3) is 0 Å². The fourth-order valence-electron chi connectivity index (χ4n) is 5.14. The number of nitrogens with one attached hydrogen (secondary N) is 2. The third-order valence-corrected chi connectivity index (χ3v) is 7.89. The highest BCUT2D eigenvalue weighted by molar-refractivity contribution is 6.47. The number of phenols is 2. The van der Waals surface area contributed by atoms with Crippen molar-refractivity contribution in [3.8, 4) is 17.2 Å². The van der Waals surface area contributed by atoms with Crippen molar-refractivity contribution in [2.75, 3.05) is 18.8 Å². The number of hydrogen-bond acceptors (Lipinski definition) is 11. The number of phenolic OH excluding ortho intramolecular Hbond substituents is 2. The number of aromatic carboxylic acids is 1. The van der Waals surface area contributed by atoms with E-state index < -0.39 is 82.5 Å². The number of hydrogen-bond donors (Lipinski definition) is 7. The number of rotatable bonds is 7. The Morgan fingerprint density at radius 2 is 1.89 bits per heavy atom. The smallest absolute Gasteiger partial charge is 0.534 e. The van der Waals surface area contributed by atoms with E-state index in [-0.39, 0.29) is 43.0 Å². The number of halogens is 2. The highest BCUT2D eigenvalue weighted by Crippen LogP contribution is 2.38. The van der Waals surface area contributed by atoms with Crippen molar-refractivity contribution in [1.82, 2.24) is 25.4 Å². The van der Waals surface area contributed by atoms with Crippen LogP contribution in [0, 0.1) is 5.82 Å². The first-order chi connectivity index (χ1) is 22.3. The van der Waals surface area contributed by atoms with E-state index in [9.17, 15) is 48.7 Å². The summed E-state index contributed by atoms with van der Waals surface area (Å²) in [6, 6.07) is 4.33. The largest absolute Gasteiger partial charge is 0.547 e. The summed E-state index contributed by atoms with van der Waals surface area (Å²) in [5.74, 6) is -9.00. The Morgan fingerprint density at radius 3 is 2.60 bits per heavy atom. The van der Waals surface area contributed by atoms with Crippen molar-refractivity contribution in [1.29, 1.82) is 0 Å². The van der Waals surface area contributed by atoms with Crippen LogP contribution in [0.5, 0.6) is 17.2 Å². The molecule has 1 fully saturated rings. The van der Waals surface area contributed by atoms with Gasteiger partial charge in [0.1, 0.15) is 29.0 Å². The van der Waals surface area contributed by atoms with Gasteiger partial charge in [-0.15, -0.1) is 0 Å². The van der Waals surface area contributed by atoms with Crippen LogP contribution >= 0.6 is 11.6 Å². The zero-order chi connectivity index (χ0) is 34.2. The number of benzene rings is 2. The van der Waals surface area contributed by atoms with Gasteiger partial charge in [0.05, 0.1) is 11.0 Å². The normalized spacial score (nSPS) is 16.7. The predicted molar refractivity (Wildman–Crippen MR) is 159 cm³/mol. The molecule has 1 aromatic heterocycles. The van der Waals surface area contributed by atoms with Gasteiger partial charge < -0.3 is 46.3 Å². The maximum absolute atomic E-state index is 14.2. The van der Waals surface area contributed by atoms with Gasteiger partial charge in [0.15, 0.2) is 11.5 Å². The van der Waals surface area contributed by atoms with Crippen LogP contribution in [0.1, 0.15) is 33.1 Å². The number of aromatic nitrogens is 1. The standard InChI is InChI=1S/C28H25BClFN6O10/c30-20-14(2-4-16(38)22(20)39)21(24(40)34-17-10-13-1-3-15(31)19(27(43)44)23(13)47-29(17)46)35-28(45)37-8-7-36(25(41)26(37)42)11-12-5-6-33-18(32)9-12/h1-6,9,17,21,38-39,46H,7-8,10-11H2,(H2,32,33)(H,34,40)(H,35,45)(H,43,44)/t17-,21?/m0/s1. The van der Waals surface area contributed by atoms with Gasteiger partial charge in [-0.2, -0.15) is 0 Å². The van der Waals surface area contributed by atoms with Crippen molar-refractivity contribution in [2.45, 2.75) is 24.9 Å². The summed E-state index contributed by atoms with van der Waals surface area (Å²) in [6.45, 7) is -0.328. The molecule has 2 aromatic carbocycles. The van der Waals surface area contributed by atoms with Crippen LogP contribution in [-0.4, -0.2) is 91.0 Å². The molecule has 244 valence electrons. The molecule has 8 N–H and O–H groups in total. The van der Waals surface area contributed by atoms with Crippen LogP contribution in [0.2, 0.25) is 5.02 Å². The molecule has 2 aliphatic rings. The molecule has 16 nitrogen and oxygen atoms in total. The number of imide groups is 1. The number of nitrogens with zero attached hydrogens (tertiary/aromatic N) is 3. The zero-order valence-corrected chi connectivity index (χ0v) is 24.8. The lowest BCUT2D eigenvalue weighted by Crippen LogP contribution is -2.60. The second-order valence-corrected chi connectivity index (χ2v) is 10.9. The minimum absolute atomic E-state index is 0.00961. The summed E-state index contributed by atoms with van der Waals surface area (Å²) in [5, 5.41) is 44.3. The van der Waals surface area contributed by atoms with Crippen molar-refractivity contribution in [3.63, 3.8) is 0 Å². The molecule has 1 unspecified atom stereocenters. The Balaban J connectivity index is 1.37. The minimum atomic E-state index is -1.88. The first-order valence-corrected chi connectivity index (χ1v) is 14.2. The van der Waals surface area contributed by atoms with E-state index in [1.165, 1.54) is 23.2 Å². The average Bonchev–Trinajstić information content (AvgIpc) is 3.01. The summed E-state index contributed by atoms with van der Waals surface area (Å²) >= 11 is 6.20. The number of anilines is 1. The molecule has 0 aliphatic carbocycles. The number of amides is 5. The molecule has 0 radical (unpaired) electrons. The van der Waals surface area contributed by atoms with Gasteiger partial charge in [0.2, 0.25) is 5.91 Å². The number of carbonyl (C=O) groups excluding carboxylic acids is 4. The number of aromatic hydroxyl groups is 2. The van der Waals surface area contributed by atoms with Crippen LogP contribution in [0.3, 0.4) is 0 Å². The van der Waals surface area contributed by atoms with Crippen molar-refractivity contribution >= 4 is 54.3 Å². The lowest BCUT2D eigenvalue weighted by Gasteiger charge is -2.34. The highest BCUT2D eigenvalue weighted by Gasteiger charge is 2.42. The second kappa shape index (κ2) is 13.0. The van der Waals surface area contributed by atoms with Crippen LogP contribution in [0.25, 0.3) is 0 Å². The predicted octanol–water partition coefficient (Wildman–Crippen LogP) is 0.327. The number of carbonyl (C=O) groups is 5. The molecule has 0 saturated carbocycles. The lowest BCUT2D eigenvalue weighted by molar-refractivity contribution is -0.154. The summed E-state index contributed by atoms with van der Waals surface area (Å²) in [5.41, 5.74) is 5.34. The number of piperazine rings is 1. The molecule has 2 aliphatic heterocycles. The minimum Gasteiger partial charge on any atom is -0.534 e. The van der Waals surface area contributed by atoms with Crippen LogP contribution in [0.4, 0.5) is 15.0 Å². The first kappa shape index (κ1) is 32.8. The van der Waals surface area contributed by atoms with E-state index >= 15 is 0 Å². The quantitative estimate of drug-likeness (QED) is 0.102. The monoisotopic (exact) mass is 670 g/mol. The molecule has 0 bridgehead atoms. The Bertz CT molecular complexity index is 1820. The maximum atomic E-state index is 14.2. The highest BCUT2D eigenvalue weighted by atomic mass is 35.5. The van der Waals surface area contributed by atoms with Gasteiger partial charge in [0, 0.05) is 31.4 Å². The number of nitrogen functional groups attached to an aromatic ring is 1. The van der Waals surface area contributed by atoms with E-state index in [0.29, 0.717) is 10.5 Å². The molecular weight excluding hydrogens is 646 g/mol. The number of carboxylic acids is 1. The van der Waals surface area contributed by atoms with Gasteiger partial charge in [-0.05, 0) is 41.8 Å². The molecule has 19 heteroatoms. The summed E-state index contributed by atoms with van der Waals surface area (Å²) in [4.78, 5) is 70.1.